The lowest BCUT2D eigenvalue weighted by Crippen LogP contribution is -2.27. The zero-order valence-electron chi connectivity index (χ0n) is 10.4. The molecule has 102 valence electrons. The predicted octanol–water partition coefficient (Wildman–Crippen LogP) is 0.250. The fourth-order valence-electron chi connectivity index (χ4n) is 1.73. The highest BCUT2D eigenvalue weighted by Crippen LogP contribution is 2.12. The van der Waals surface area contributed by atoms with Gasteiger partial charge in [0, 0.05) is 25.5 Å². The fourth-order valence-corrected chi connectivity index (χ4v) is 2.16. The third-order valence-electron chi connectivity index (χ3n) is 2.62. The third kappa shape index (κ3) is 4.16. The van der Waals surface area contributed by atoms with Crippen molar-refractivity contribution in [3.8, 4) is 5.69 Å². The topological polar surface area (TPSA) is 90.0 Å². The summed E-state index contributed by atoms with van der Waals surface area (Å²) in [5.74, 6) is -0.0725. The van der Waals surface area contributed by atoms with Crippen molar-refractivity contribution in [2.45, 2.75) is 6.54 Å². The minimum absolute atomic E-state index is 0.0725. The molecule has 1 aromatic heterocycles. The number of benzene rings is 1. The molecule has 0 spiro atoms. The number of primary sulfonamides is 1. The normalized spacial score (nSPS) is 11.6. The minimum Gasteiger partial charge on any atom is -0.312 e. The Morgan fingerprint density at radius 2 is 2.05 bits per heavy atom. The Morgan fingerprint density at radius 3 is 2.74 bits per heavy atom. The summed E-state index contributed by atoms with van der Waals surface area (Å²) in [6, 6.07) is 9.66. The smallest absolute Gasteiger partial charge is 0.210 e. The molecule has 3 N–H and O–H groups in total. The molecule has 0 saturated carbocycles. The molecule has 0 amide bonds. The van der Waals surface area contributed by atoms with Gasteiger partial charge in [0.15, 0.2) is 0 Å². The minimum atomic E-state index is -3.41. The molecule has 0 atom stereocenters. The number of hydrogen-bond acceptors (Lipinski definition) is 4. The van der Waals surface area contributed by atoms with Gasteiger partial charge in [0.25, 0.3) is 0 Å². The molecule has 1 heterocycles. The van der Waals surface area contributed by atoms with Crippen molar-refractivity contribution < 1.29 is 8.42 Å². The lowest BCUT2D eigenvalue weighted by Gasteiger charge is -2.10. The molecule has 2 rings (SSSR count). The maximum absolute atomic E-state index is 10.8. The van der Waals surface area contributed by atoms with E-state index in [1.165, 1.54) is 0 Å². The summed E-state index contributed by atoms with van der Waals surface area (Å²) in [5.41, 5.74) is 2.01. The second-order valence-corrected chi connectivity index (χ2v) is 5.86. The molecule has 0 aliphatic carbocycles. The Hall–Kier alpha value is -1.70. The lowest BCUT2D eigenvalue weighted by molar-refractivity contribution is 0.592. The van der Waals surface area contributed by atoms with Gasteiger partial charge in [-0.25, -0.2) is 18.2 Å². The summed E-state index contributed by atoms with van der Waals surface area (Å²) in [5, 5.41) is 12.2. The number of aromatic nitrogens is 2. The van der Waals surface area contributed by atoms with Crippen LogP contribution in [-0.2, 0) is 16.6 Å². The van der Waals surface area contributed by atoms with Gasteiger partial charge in [-0.3, -0.25) is 0 Å². The summed E-state index contributed by atoms with van der Waals surface area (Å²) in [6.45, 7) is 0.887. The van der Waals surface area contributed by atoms with E-state index in [1.54, 1.807) is 10.9 Å². The van der Waals surface area contributed by atoms with Gasteiger partial charge in [0.1, 0.15) is 0 Å². The van der Waals surface area contributed by atoms with Crippen molar-refractivity contribution in [2.75, 3.05) is 12.3 Å². The Kier molecular flexibility index (Phi) is 4.31. The summed E-state index contributed by atoms with van der Waals surface area (Å²) >= 11 is 0. The number of nitrogens with two attached hydrogens (primary N) is 1. The van der Waals surface area contributed by atoms with E-state index >= 15 is 0 Å². The fraction of sp³-hybridized carbons (Fsp3) is 0.250. The molecule has 1 aromatic carbocycles. The van der Waals surface area contributed by atoms with E-state index in [1.807, 2.05) is 36.5 Å². The average molecular weight is 280 g/mol. The zero-order chi connectivity index (χ0) is 13.7. The first-order chi connectivity index (χ1) is 9.06. The van der Waals surface area contributed by atoms with Crippen molar-refractivity contribution in [2.24, 2.45) is 5.14 Å². The number of nitrogens with zero attached hydrogens (tertiary/aromatic N) is 2. The van der Waals surface area contributed by atoms with Gasteiger partial charge < -0.3 is 5.32 Å². The van der Waals surface area contributed by atoms with Crippen LogP contribution in [0.1, 0.15) is 5.56 Å². The molecule has 0 aliphatic rings. The number of rotatable bonds is 6. The van der Waals surface area contributed by atoms with E-state index in [0.717, 1.165) is 11.3 Å². The van der Waals surface area contributed by atoms with Crippen LogP contribution < -0.4 is 10.5 Å². The molecule has 0 bridgehead atoms. The molecular weight excluding hydrogens is 264 g/mol. The molecule has 7 heteroatoms. The quantitative estimate of drug-likeness (QED) is 0.742. The van der Waals surface area contributed by atoms with Crippen LogP contribution in [0.3, 0.4) is 0 Å². The zero-order valence-corrected chi connectivity index (χ0v) is 11.2. The van der Waals surface area contributed by atoms with Crippen molar-refractivity contribution in [3.05, 3.63) is 48.3 Å². The highest BCUT2D eigenvalue weighted by atomic mass is 32.2. The van der Waals surface area contributed by atoms with Gasteiger partial charge in [0.05, 0.1) is 11.4 Å². The van der Waals surface area contributed by atoms with Crippen LogP contribution in [0.5, 0.6) is 0 Å². The SMILES string of the molecule is NS(=O)(=O)CCNCc1ccccc1-n1cccn1. The van der Waals surface area contributed by atoms with E-state index < -0.39 is 10.0 Å². The summed E-state index contributed by atoms with van der Waals surface area (Å²) in [4.78, 5) is 0. The Morgan fingerprint density at radius 1 is 1.26 bits per heavy atom. The summed E-state index contributed by atoms with van der Waals surface area (Å²) < 4.78 is 23.4. The number of para-hydroxylation sites is 1. The van der Waals surface area contributed by atoms with Gasteiger partial charge in [-0.1, -0.05) is 18.2 Å². The number of nitrogens with one attached hydrogen (secondary N) is 1. The maximum Gasteiger partial charge on any atom is 0.210 e. The largest absolute Gasteiger partial charge is 0.312 e. The van der Waals surface area contributed by atoms with Crippen LogP contribution in [0.25, 0.3) is 5.69 Å². The highest BCUT2D eigenvalue weighted by molar-refractivity contribution is 7.89. The lowest BCUT2D eigenvalue weighted by atomic mass is 10.2. The Balaban J connectivity index is 2.01. The number of hydrogen-bond donors (Lipinski definition) is 2. The second-order valence-electron chi connectivity index (χ2n) is 4.12. The van der Waals surface area contributed by atoms with Crippen LogP contribution in [-0.4, -0.2) is 30.5 Å². The molecule has 19 heavy (non-hydrogen) atoms. The van der Waals surface area contributed by atoms with E-state index in [0.29, 0.717) is 13.1 Å². The first-order valence-electron chi connectivity index (χ1n) is 5.85. The van der Waals surface area contributed by atoms with Crippen molar-refractivity contribution >= 4 is 10.0 Å². The van der Waals surface area contributed by atoms with E-state index in [-0.39, 0.29) is 5.75 Å². The molecule has 0 unspecified atom stereocenters. The maximum atomic E-state index is 10.8. The van der Waals surface area contributed by atoms with Crippen LogP contribution in [0.4, 0.5) is 0 Å². The molecule has 0 aliphatic heterocycles. The van der Waals surface area contributed by atoms with Gasteiger partial charge in [0.2, 0.25) is 10.0 Å². The van der Waals surface area contributed by atoms with Gasteiger partial charge in [-0.2, -0.15) is 5.10 Å². The van der Waals surface area contributed by atoms with Crippen LogP contribution in [0.2, 0.25) is 0 Å². The highest BCUT2D eigenvalue weighted by Gasteiger charge is 2.05. The van der Waals surface area contributed by atoms with Gasteiger partial charge in [-0.05, 0) is 17.7 Å². The Bertz CT molecular complexity index is 623. The molecule has 6 nitrogen and oxygen atoms in total. The summed E-state index contributed by atoms with van der Waals surface area (Å²) in [6.07, 6.45) is 3.58. The van der Waals surface area contributed by atoms with E-state index in [4.69, 9.17) is 5.14 Å². The molecule has 2 aromatic rings. The second kappa shape index (κ2) is 5.96. The standard InChI is InChI=1S/C12H16N4O2S/c13-19(17,18)9-7-14-10-11-4-1-2-5-12(11)16-8-3-6-15-16/h1-6,8,14H,7,9-10H2,(H2,13,17,18). The molecule has 0 saturated heterocycles. The number of sulfonamides is 1. The van der Waals surface area contributed by atoms with Crippen LogP contribution in [0, 0.1) is 0 Å². The molecule has 0 fully saturated rings. The van der Waals surface area contributed by atoms with Crippen LogP contribution >= 0.6 is 0 Å². The van der Waals surface area contributed by atoms with Gasteiger partial charge in [-0.15, -0.1) is 0 Å². The van der Waals surface area contributed by atoms with Crippen molar-refractivity contribution in [3.63, 3.8) is 0 Å². The molecular formula is C12H16N4O2S. The predicted molar refractivity (Wildman–Crippen MR) is 73.2 cm³/mol. The average Bonchev–Trinajstić information content (AvgIpc) is 2.88. The first-order valence-corrected chi connectivity index (χ1v) is 7.57. The summed E-state index contributed by atoms with van der Waals surface area (Å²) in [7, 11) is -3.41. The Labute approximate surface area is 112 Å². The van der Waals surface area contributed by atoms with E-state index in [9.17, 15) is 8.42 Å². The molecule has 0 radical (unpaired) electrons. The van der Waals surface area contributed by atoms with Crippen LogP contribution in [0.15, 0.2) is 42.7 Å². The first kappa shape index (κ1) is 13.7. The van der Waals surface area contributed by atoms with Crippen molar-refractivity contribution in [1.29, 1.82) is 0 Å². The van der Waals surface area contributed by atoms with Crippen molar-refractivity contribution in [1.82, 2.24) is 15.1 Å². The third-order valence-corrected chi connectivity index (χ3v) is 3.39. The van der Waals surface area contributed by atoms with E-state index in [2.05, 4.69) is 10.4 Å². The van der Waals surface area contributed by atoms with Gasteiger partial charge >= 0.3 is 0 Å². The monoisotopic (exact) mass is 280 g/mol.